The summed E-state index contributed by atoms with van der Waals surface area (Å²) < 4.78 is 10.3. The summed E-state index contributed by atoms with van der Waals surface area (Å²) in [7, 11) is 1.50. The van der Waals surface area contributed by atoms with Crippen molar-refractivity contribution in [3.05, 3.63) is 63.5 Å². The van der Waals surface area contributed by atoms with Gasteiger partial charge in [0.25, 0.3) is 11.8 Å². The van der Waals surface area contributed by atoms with Crippen LogP contribution < -0.4 is 5.32 Å². The summed E-state index contributed by atoms with van der Waals surface area (Å²) >= 11 is 1.21. The monoisotopic (exact) mass is 398 g/mol. The zero-order valence-corrected chi connectivity index (χ0v) is 16.2. The van der Waals surface area contributed by atoms with Crippen LogP contribution in [-0.2, 0) is 20.9 Å². The number of pyridine rings is 1. The summed E-state index contributed by atoms with van der Waals surface area (Å²) in [6.45, 7) is 1.34. The predicted octanol–water partition coefficient (Wildman–Crippen LogP) is 2.86. The molecule has 2 amide bonds. The minimum Gasteiger partial charge on any atom is -0.452 e. The first-order chi connectivity index (χ1) is 13.5. The molecule has 0 atom stereocenters. The number of para-hydroxylation sites is 1. The molecule has 2 aromatic heterocycles. The van der Waals surface area contributed by atoms with E-state index in [0.717, 1.165) is 10.9 Å². The predicted molar refractivity (Wildman–Crippen MR) is 104 cm³/mol. The smallest absolute Gasteiger partial charge is 0.340 e. The van der Waals surface area contributed by atoms with Crippen LogP contribution in [0.2, 0.25) is 0 Å². The fraction of sp³-hybridized carbons (Fsp3) is 0.200. The molecule has 3 aromatic rings. The summed E-state index contributed by atoms with van der Waals surface area (Å²) in [4.78, 5) is 41.3. The van der Waals surface area contributed by atoms with Gasteiger partial charge in [0.15, 0.2) is 6.61 Å². The Kier molecular flexibility index (Phi) is 6.13. The number of thiophene rings is 1. The average molecular weight is 398 g/mol. The van der Waals surface area contributed by atoms with Crippen molar-refractivity contribution in [3.8, 4) is 0 Å². The summed E-state index contributed by atoms with van der Waals surface area (Å²) in [6, 6.07) is 10.7. The Morgan fingerprint density at radius 2 is 1.93 bits per heavy atom. The van der Waals surface area contributed by atoms with E-state index in [1.165, 1.54) is 18.4 Å². The molecule has 144 valence electrons. The van der Waals surface area contributed by atoms with Crippen molar-refractivity contribution in [1.82, 2.24) is 10.3 Å². The van der Waals surface area contributed by atoms with Crippen molar-refractivity contribution >= 4 is 40.0 Å². The lowest BCUT2D eigenvalue weighted by molar-refractivity contribution is -0.123. The summed E-state index contributed by atoms with van der Waals surface area (Å²) in [6.07, 6.45) is 0. The number of rotatable bonds is 6. The quantitative estimate of drug-likeness (QED) is 0.642. The molecule has 8 heteroatoms. The third-order valence-electron chi connectivity index (χ3n) is 4.04. The molecule has 3 rings (SSSR count). The third kappa shape index (κ3) is 4.24. The van der Waals surface area contributed by atoms with Crippen molar-refractivity contribution in [2.45, 2.75) is 13.5 Å². The number of ether oxygens (including phenoxy) is 2. The number of imide groups is 1. The van der Waals surface area contributed by atoms with E-state index in [1.54, 1.807) is 24.4 Å². The van der Waals surface area contributed by atoms with Gasteiger partial charge in [0.2, 0.25) is 0 Å². The number of esters is 1. The maximum Gasteiger partial charge on any atom is 0.340 e. The number of methoxy groups -OCH3 is 1. The first kappa shape index (κ1) is 19.7. The van der Waals surface area contributed by atoms with Gasteiger partial charge in [0.1, 0.15) is 0 Å². The number of hydrogen-bond acceptors (Lipinski definition) is 7. The number of nitrogens with zero attached hydrogens (tertiary/aromatic N) is 1. The lowest BCUT2D eigenvalue weighted by Gasteiger charge is -2.13. The molecule has 0 saturated heterocycles. The second-order valence-corrected chi connectivity index (χ2v) is 6.89. The lowest BCUT2D eigenvalue weighted by Crippen LogP contribution is -2.34. The van der Waals surface area contributed by atoms with E-state index in [-0.39, 0.29) is 12.2 Å². The van der Waals surface area contributed by atoms with E-state index >= 15 is 0 Å². The lowest BCUT2D eigenvalue weighted by atomic mass is 10.0. The number of hydrogen-bond donors (Lipinski definition) is 1. The van der Waals surface area contributed by atoms with Gasteiger partial charge >= 0.3 is 5.97 Å². The van der Waals surface area contributed by atoms with Crippen LogP contribution in [0.3, 0.4) is 0 Å². The first-order valence-corrected chi connectivity index (χ1v) is 9.31. The number of carbonyl (C=O) groups excluding carboxylic acids is 3. The normalized spacial score (nSPS) is 10.6. The molecule has 0 aliphatic carbocycles. The largest absolute Gasteiger partial charge is 0.452 e. The zero-order chi connectivity index (χ0) is 20.1. The van der Waals surface area contributed by atoms with Gasteiger partial charge in [-0.25, -0.2) is 9.78 Å². The second-order valence-electron chi connectivity index (χ2n) is 5.94. The Bertz CT molecular complexity index is 1030. The molecular formula is C20H18N2O5S. The fourth-order valence-corrected chi connectivity index (χ4v) is 3.41. The van der Waals surface area contributed by atoms with E-state index in [1.807, 2.05) is 24.3 Å². The van der Waals surface area contributed by atoms with E-state index in [9.17, 15) is 14.4 Å². The van der Waals surface area contributed by atoms with Gasteiger partial charge in [0.05, 0.1) is 28.3 Å². The van der Waals surface area contributed by atoms with Crippen LogP contribution in [0.1, 0.15) is 31.3 Å². The van der Waals surface area contributed by atoms with Crippen molar-refractivity contribution in [2.75, 3.05) is 13.7 Å². The Morgan fingerprint density at radius 1 is 1.14 bits per heavy atom. The van der Waals surface area contributed by atoms with Gasteiger partial charge in [0, 0.05) is 12.5 Å². The van der Waals surface area contributed by atoms with Gasteiger partial charge < -0.3 is 9.47 Å². The first-order valence-electron chi connectivity index (χ1n) is 8.43. The van der Waals surface area contributed by atoms with Gasteiger partial charge in [-0.2, -0.15) is 0 Å². The number of benzene rings is 1. The molecule has 28 heavy (non-hydrogen) atoms. The minimum absolute atomic E-state index is 0.124. The highest BCUT2D eigenvalue weighted by Crippen LogP contribution is 2.24. The van der Waals surface area contributed by atoms with E-state index < -0.39 is 24.4 Å². The Labute approximate surface area is 165 Å². The third-order valence-corrected chi connectivity index (χ3v) is 4.91. The Hall–Kier alpha value is -3.10. The van der Waals surface area contributed by atoms with Crippen molar-refractivity contribution in [1.29, 1.82) is 0 Å². The standard InChI is InChI=1S/C20H18N2O5S/c1-12-13-6-3-4-7-14(13)21-15(10-26-2)18(12)20(25)27-11-17(23)22-19(24)16-8-5-9-28-16/h3-9H,10-11H2,1-2H3,(H,22,23,24). The number of aromatic nitrogens is 1. The molecule has 1 N–H and O–H groups in total. The molecule has 0 aliphatic rings. The second kappa shape index (κ2) is 8.73. The molecule has 0 fully saturated rings. The molecule has 2 heterocycles. The Morgan fingerprint density at radius 3 is 2.64 bits per heavy atom. The number of nitrogens with one attached hydrogen (secondary N) is 1. The number of aryl methyl sites for hydroxylation is 1. The highest BCUT2D eigenvalue weighted by molar-refractivity contribution is 7.12. The average Bonchev–Trinajstić information content (AvgIpc) is 3.22. The SMILES string of the molecule is COCc1nc2ccccc2c(C)c1C(=O)OCC(=O)NC(=O)c1cccs1. The van der Waals surface area contributed by atoms with Crippen LogP contribution in [0.4, 0.5) is 0 Å². The summed E-state index contributed by atoms with van der Waals surface area (Å²) in [5.41, 5.74) is 2.12. The molecule has 0 radical (unpaired) electrons. The maximum atomic E-state index is 12.6. The van der Waals surface area contributed by atoms with Crippen LogP contribution in [0.15, 0.2) is 41.8 Å². The minimum atomic E-state index is -0.702. The van der Waals surface area contributed by atoms with Crippen molar-refractivity contribution < 1.29 is 23.9 Å². The van der Waals surface area contributed by atoms with Crippen LogP contribution in [-0.4, -0.2) is 36.5 Å². The topological polar surface area (TPSA) is 94.6 Å². The van der Waals surface area contributed by atoms with E-state index in [2.05, 4.69) is 10.3 Å². The van der Waals surface area contributed by atoms with Gasteiger partial charge in [-0.1, -0.05) is 24.3 Å². The van der Waals surface area contributed by atoms with Crippen LogP contribution in [0.25, 0.3) is 10.9 Å². The fourth-order valence-electron chi connectivity index (χ4n) is 2.79. The summed E-state index contributed by atoms with van der Waals surface area (Å²) in [5.74, 6) is -1.92. The van der Waals surface area contributed by atoms with Gasteiger partial charge in [-0.15, -0.1) is 11.3 Å². The maximum absolute atomic E-state index is 12.6. The molecule has 0 saturated carbocycles. The van der Waals surface area contributed by atoms with Crippen molar-refractivity contribution in [2.24, 2.45) is 0 Å². The highest BCUT2D eigenvalue weighted by Gasteiger charge is 2.21. The number of amides is 2. The molecule has 0 unspecified atom stereocenters. The number of fused-ring (bicyclic) bond motifs is 1. The number of carbonyl (C=O) groups is 3. The van der Waals surface area contributed by atoms with E-state index in [4.69, 9.17) is 9.47 Å². The molecule has 0 bridgehead atoms. The van der Waals surface area contributed by atoms with Crippen LogP contribution in [0, 0.1) is 6.92 Å². The zero-order valence-electron chi connectivity index (χ0n) is 15.4. The van der Waals surface area contributed by atoms with Crippen LogP contribution in [0.5, 0.6) is 0 Å². The molecule has 7 nitrogen and oxygen atoms in total. The molecular weight excluding hydrogens is 380 g/mol. The molecule has 0 spiro atoms. The Balaban J connectivity index is 1.75. The van der Waals surface area contributed by atoms with Gasteiger partial charge in [-0.05, 0) is 30.0 Å². The summed E-state index contributed by atoms with van der Waals surface area (Å²) in [5, 5.41) is 4.73. The van der Waals surface area contributed by atoms with E-state index in [0.29, 0.717) is 16.1 Å². The molecule has 0 aliphatic heterocycles. The highest BCUT2D eigenvalue weighted by atomic mass is 32.1. The van der Waals surface area contributed by atoms with Crippen LogP contribution >= 0.6 is 11.3 Å². The molecule has 1 aromatic carbocycles. The van der Waals surface area contributed by atoms with Gasteiger partial charge in [-0.3, -0.25) is 14.9 Å². The van der Waals surface area contributed by atoms with Crippen molar-refractivity contribution in [3.63, 3.8) is 0 Å².